The van der Waals surface area contributed by atoms with Gasteiger partial charge in [-0.1, -0.05) is 36.0 Å². The van der Waals surface area contributed by atoms with Crippen molar-refractivity contribution in [3.63, 3.8) is 0 Å². The van der Waals surface area contributed by atoms with Crippen LogP contribution in [0.2, 0.25) is 0 Å². The number of carbonyl (C=O) groups is 2. The molecule has 1 aliphatic rings. The highest BCUT2D eigenvalue weighted by Gasteiger charge is 2.35. The summed E-state index contributed by atoms with van der Waals surface area (Å²) in [5.41, 5.74) is 1.53. The van der Waals surface area contributed by atoms with Crippen LogP contribution in [0.3, 0.4) is 0 Å². The Morgan fingerprint density at radius 2 is 1.67 bits per heavy atom. The Labute approximate surface area is 159 Å². The summed E-state index contributed by atoms with van der Waals surface area (Å²) in [6.07, 6.45) is 0. The third-order valence-corrected chi connectivity index (χ3v) is 4.94. The van der Waals surface area contributed by atoms with Crippen LogP contribution in [-0.2, 0) is 0 Å². The third kappa shape index (κ3) is 3.06. The number of imide groups is 1. The smallest absolute Gasteiger partial charge is 0.262 e. The van der Waals surface area contributed by atoms with Gasteiger partial charge in [0.15, 0.2) is 0 Å². The number of carbonyl (C=O) groups excluding carboxylic acids is 2. The summed E-state index contributed by atoms with van der Waals surface area (Å²) < 4.78 is 7.16. The fourth-order valence-electron chi connectivity index (χ4n) is 2.81. The van der Waals surface area contributed by atoms with E-state index in [1.807, 2.05) is 31.2 Å². The highest BCUT2D eigenvalue weighted by Crippen LogP contribution is 2.29. The van der Waals surface area contributed by atoms with E-state index >= 15 is 0 Å². The topological polar surface area (TPSA) is 90.2 Å². The molecule has 0 atom stereocenters. The number of aromatic nitrogens is 4. The van der Waals surface area contributed by atoms with Gasteiger partial charge in [0, 0.05) is 0 Å². The van der Waals surface area contributed by atoms with Crippen LogP contribution in [0.4, 0.5) is 0 Å². The fraction of sp³-hybridized carbons (Fsp3) is 0.167. The number of tetrazole rings is 1. The molecule has 3 aromatic rings. The molecule has 2 heterocycles. The predicted octanol–water partition coefficient (Wildman–Crippen LogP) is 2.41. The quantitative estimate of drug-likeness (QED) is 0.478. The first-order valence-corrected chi connectivity index (χ1v) is 9.28. The lowest BCUT2D eigenvalue weighted by Crippen LogP contribution is -2.29. The molecule has 0 unspecified atom stereocenters. The molecule has 0 saturated carbocycles. The van der Waals surface area contributed by atoms with Crippen molar-refractivity contribution in [2.45, 2.75) is 12.1 Å². The minimum atomic E-state index is -0.308. The number of thioether (sulfide) groups is 1. The van der Waals surface area contributed by atoms with Gasteiger partial charge >= 0.3 is 0 Å². The number of hydrogen-bond donors (Lipinski definition) is 0. The zero-order chi connectivity index (χ0) is 18.8. The highest BCUT2D eigenvalue weighted by atomic mass is 32.2. The maximum Gasteiger partial charge on any atom is 0.262 e. The van der Waals surface area contributed by atoms with Gasteiger partial charge in [0.05, 0.1) is 23.6 Å². The average molecular weight is 381 g/mol. The zero-order valence-corrected chi connectivity index (χ0v) is 15.2. The molecule has 0 spiro atoms. The van der Waals surface area contributed by atoms with Crippen molar-refractivity contribution >= 4 is 23.6 Å². The summed E-state index contributed by atoms with van der Waals surface area (Å²) in [5.74, 6) is 0.146. The van der Waals surface area contributed by atoms with Gasteiger partial charge in [-0.15, -0.1) is 5.10 Å². The number of nitrogens with zero attached hydrogens (tertiary/aromatic N) is 5. The molecule has 0 bridgehead atoms. The van der Waals surface area contributed by atoms with Crippen LogP contribution in [0.1, 0.15) is 27.6 Å². The normalized spacial score (nSPS) is 13.1. The summed E-state index contributed by atoms with van der Waals surface area (Å²) in [7, 11) is 0. The van der Waals surface area contributed by atoms with Gasteiger partial charge in [0.1, 0.15) is 11.4 Å². The van der Waals surface area contributed by atoms with Crippen LogP contribution in [0.25, 0.3) is 5.69 Å². The van der Waals surface area contributed by atoms with Gasteiger partial charge in [-0.2, -0.15) is 4.68 Å². The first-order chi connectivity index (χ1) is 13.2. The van der Waals surface area contributed by atoms with E-state index in [-0.39, 0.29) is 17.7 Å². The summed E-state index contributed by atoms with van der Waals surface area (Å²) in [4.78, 5) is 26.1. The molecule has 0 fully saturated rings. The summed E-state index contributed by atoms with van der Waals surface area (Å²) in [6.45, 7) is 2.41. The largest absolute Gasteiger partial charge is 0.492 e. The SMILES string of the molecule is CCOc1ccccc1-n1nnnc1SCN1C(=O)c2ccccc2C1=O. The average Bonchev–Trinajstić information content (AvgIpc) is 3.25. The number of hydrogen-bond acceptors (Lipinski definition) is 7. The maximum absolute atomic E-state index is 12.5. The third-order valence-electron chi connectivity index (χ3n) is 4.04. The van der Waals surface area contributed by atoms with Crippen LogP contribution in [0, 0.1) is 0 Å². The Hall–Kier alpha value is -3.20. The van der Waals surface area contributed by atoms with E-state index in [0.717, 1.165) is 0 Å². The second-order valence-electron chi connectivity index (χ2n) is 5.63. The zero-order valence-electron chi connectivity index (χ0n) is 14.4. The number of rotatable bonds is 6. The van der Waals surface area contributed by atoms with Gasteiger partial charge in [-0.3, -0.25) is 14.5 Å². The summed E-state index contributed by atoms with van der Waals surface area (Å²) in [5, 5.41) is 12.2. The molecule has 136 valence electrons. The first-order valence-electron chi connectivity index (χ1n) is 8.29. The van der Waals surface area contributed by atoms with Crippen LogP contribution < -0.4 is 4.74 Å². The number of amides is 2. The molecule has 2 aromatic carbocycles. The molecule has 1 aromatic heterocycles. The Kier molecular flexibility index (Phi) is 4.59. The van der Waals surface area contributed by atoms with Crippen molar-refractivity contribution in [1.82, 2.24) is 25.1 Å². The second-order valence-corrected chi connectivity index (χ2v) is 6.54. The molecule has 0 N–H and O–H groups in total. The molecule has 27 heavy (non-hydrogen) atoms. The van der Waals surface area contributed by atoms with Crippen molar-refractivity contribution in [2.75, 3.05) is 12.5 Å². The van der Waals surface area contributed by atoms with Crippen molar-refractivity contribution in [2.24, 2.45) is 0 Å². The van der Waals surface area contributed by atoms with Crippen LogP contribution >= 0.6 is 11.8 Å². The molecule has 2 amide bonds. The minimum absolute atomic E-state index is 0.115. The van der Waals surface area contributed by atoms with E-state index in [2.05, 4.69) is 15.5 Å². The van der Waals surface area contributed by atoms with Crippen molar-refractivity contribution in [3.05, 3.63) is 59.7 Å². The second kappa shape index (κ2) is 7.20. The molecule has 1 aliphatic heterocycles. The maximum atomic E-state index is 12.5. The number of para-hydroxylation sites is 2. The molecule has 0 saturated heterocycles. The van der Waals surface area contributed by atoms with Gasteiger partial charge < -0.3 is 4.74 Å². The lowest BCUT2D eigenvalue weighted by atomic mass is 10.1. The summed E-state index contributed by atoms with van der Waals surface area (Å²) in [6, 6.07) is 14.2. The van der Waals surface area contributed by atoms with Gasteiger partial charge in [0.2, 0.25) is 5.16 Å². The van der Waals surface area contributed by atoms with Gasteiger partial charge in [0.25, 0.3) is 11.8 Å². The van der Waals surface area contributed by atoms with Gasteiger partial charge in [-0.05, 0) is 41.6 Å². The van der Waals surface area contributed by atoms with Crippen LogP contribution in [0.5, 0.6) is 5.75 Å². The van der Waals surface area contributed by atoms with Crippen LogP contribution in [0.15, 0.2) is 53.7 Å². The minimum Gasteiger partial charge on any atom is -0.492 e. The predicted molar refractivity (Wildman–Crippen MR) is 98.0 cm³/mol. The van der Waals surface area contributed by atoms with E-state index in [1.165, 1.54) is 21.3 Å². The van der Waals surface area contributed by atoms with Crippen molar-refractivity contribution in [1.29, 1.82) is 0 Å². The lowest BCUT2D eigenvalue weighted by Gasteiger charge is -2.13. The lowest BCUT2D eigenvalue weighted by molar-refractivity contribution is 0.0684. The molecule has 4 rings (SSSR count). The standard InChI is InChI=1S/C18H15N5O3S/c1-2-26-15-10-6-5-9-14(15)23-18(19-20-21-23)27-11-22-16(24)12-7-3-4-8-13(12)17(22)25/h3-10H,2,11H2,1H3. The Balaban J connectivity index is 1.56. The van der Waals surface area contributed by atoms with Gasteiger partial charge in [-0.25, -0.2) is 0 Å². The number of ether oxygens (including phenoxy) is 1. The molecular weight excluding hydrogens is 366 g/mol. The Bertz CT molecular complexity index is 984. The highest BCUT2D eigenvalue weighted by molar-refractivity contribution is 7.99. The van der Waals surface area contributed by atoms with Crippen molar-refractivity contribution in [3.8, 4) is 11.4 Å². The van der Waals surface area contributed by atoms with Crippen LogP contribution in [-0.4, -0.2) is 49.4 Å². The monoisotopic (exact) mass is 381 g/mol. The van der Waals surface area contributed by atoms with E-state index in [4.69, 9.17) is 4.74 Å². The van der Waals surface area contributed by atoms with Crippen molar-refractivity contribution < 1.29 is 14.3 Å². The molecule has 0 aliphatic carbocycles. The molecular formula is C18H15N5O3S. The van der Waals surface area contributed by atoms with E-state index in [0.29, 0.717) is 34.3 Å². The number of fused-ring (bicyclic) bond motifs is 1. The first kappa shape index (κ1) is 17.2. The molecule has 0 radical (unpaired) electrons. The Morgan fingerprint density at radius 3 is 2.37 bits per heavy atom. The Morgan fingerprint density at radius 1 is 1.00 bits per heavy atom. The molecule has 8 nitrogen and oxygen atoms in total. The summed E-state index contributed by atoms with van der Waals surface area (Å²) >= 11 is 1.21. The van der Waals surface area contributed by atoms with E-state index in [1.54, 1.807) is 24.3 Å². The number of benzene rings is 2. The van der Waals surface area contributed by atoms with E-state index < -0.39 is 0 Å². The molecule has 9 heteroatoms. The van der Waals surface area contributed by atoms with E-state index in [9.17, 15) is 9.59 Å². The fourth-order valence-corrected chi connectivity index (χ4v) is 3.64.